The van der Waals surface area contributed by atoms with E-state index in [4.69, 9.17) is 0 Å². The molecular weight excluding hydrogens is 127 g/mol. The van der Waals surface area contributed by atoms with E-state index in [2.05, 4.69) is 17.1 Å². The van der Waals surface area contributed by atoms with Gasteiger partial charge in [-0.05, 0) is 0 Å². The number of rotatable bonds is 0. The first kappa shape index (κ1) is 3.32. The van der Waals surface area contributed by atoms with E-state index in [1.165, 1.54) is 5.32 Å². The maximum absolute atomic E-state index is 2.24. The fourth-order valence-corrected chi connectivity index (χ4v) is 1.44. The number of hydrogen-bond acceptors (Lipinski definition) is 0. The zero-order chi connectivity index (χ0) is 3.54. The van der Waals surface area contributed by atoms with Gasteiger partial charge in [0, 0.05) is 0 Å². The van der Waals surface area contributed by atoms with Crippen LogP contribution in [0.5, 0.6) is 0 Å². The van der Waals surface area contributed by atoms with Crippen molar-refractivity contribution in [3.8, 4) is 0 Å². The van der Waals surface area contributed by atoms with Crippen molar-refractivity contribution in [2.75, 3.05) is 0 Å². The van der Waals surface area contributed by atoms with Crippen molar-refractivity contribution in [1.29, 1.82) is 0 Å². The predicted molar refractivity (Wildman–Crippen MR) is 25.8 cm³/mol. The van der Waals surface area contributed by atoms with Crippen LogP contribution < -0.4 is 0 Å². The third kappa shape index (κ3) is 0.712. The molecule has 0 saturated heterocycles. The first-order valence-corrected chi connectivity index (χ1v) is 3.80. The molecule has 1 heteroatoms. The van der Waals surface area contributed by atoms with Gasteiger partial charge in [-0.1, -0.05) is 0 Å². The van der Waals surface area contributed by atoms with Crippen LogP contribution >= 0.6 is 0 Å². The molecule has 0 saturated carbocycles. The first-order valence-electron chi connectivity index (χ1n) is 1.60. The van der Waals surface area contributed by atoms with E-state index in [1.54, 1.807) is 0 Å². The van der Waals surface area contributed by atoms with Gasteiger partial charge >= 0.3 is 36.9 Å². The van der Waals surface area contributed by atoms with Gasteiger partial charge in [0.15, 0.2) is 0 Å². The Balaban J connectivity index is 2.61. The van der Waals surface area contributed by atoms with Gasteiger partial charge in [-0.2, -0.15) is 0 Å². The van der Waals surface area contributed by atoms with Crippen molar-refractivity contribution < 1.29 is 0 Å². The number of allylic oxidation sites excluding steroid dienone is 2. The average Bonchev–Trinajstić information content (AvgIpc) is 1.76. The maximum atomic E-state index is 2.24. The Morgan fingerprint density at radius 1 is 1.60 bits per heavy atom. The average molecular weight is 132 g/mol. The van der Waals surface area contributed by atoms with Crippen molar-refractivity contribution in [2.24, 2.45) is 0 Å². The van der Waals surface area contributed by atoms with E-state index < -0.39 is 0 Å². The van der Waals surface area contributed by atoms with Crippen molar-refractivity contribution in [1.82, 2.24) is 0 Å². The van der Waals surface area contributed by atoms with E-state index >= 15 is 0 Å². The van der Waals surface area contributed by atoms with Crippen LogP contribution in [-0.4, -0.2) is 19.4 Å². The molecule has 0 unspecified atom stereocenters. The van der Waals surface area contributed by atoms with Crippen LogP contribution in [-0.2, 0) is 0 Å². The summed E-state index contributed by atoms with van der Waals surface area (Å²) in [7, 11) is 0. The predicted octanol–water partition coefficient (Wildman–Crippen LogP) is 0.481. The monoisotopic (exact) mass is 133 g/mol. The third-order valence-electron chi connectivity index (χ3n) is 0.503. The second-order valence-corrected chi connectivity index (χ2v) is 2.87. The summed E-state index contributed by atoms with van der Waals surface area (Å²) in [6.07, 6.45) is 4.35. The van der Waals surface area contributed by atoms with E-state index in [1.807, 2.05) is 0 Å². The summed E-state index contributed by atoms with van der Waals surface area (Å²) in [5, 5.41) is 1.33. The van der Waals surface area contributed by atoms with Gasteiger partial charge in [0.25, 0.3) is 0 Å². The molecule has 1 aliphatic rings. The zero-order valence-corrected chi connectivity index (χ0v) is 4.56. The van der Waals surface area contributed by atoms with Crippen LogP contribution in [0.2, 0.25) is 5.32 Å². The molecule has 0 nitrogen and oxygen atoms in total. The molecule has 0 fully saturated rings. The molecule has 0 atom stereocenters. The van der Waals surface area contributed by atoms with Gasteiger partial charge < -0.3 is 0 Å². The minimum absolute atomic E-state index is 0.833. The molecule has 27 valence electrons. The van der Waals surface area contributed by atoms with Crippen molar-refractivity contribution in [3.05, 3.63) is 12.2 Å². The van der Waals surface area contributed by atoms with E-state index in [-0.39, 0.29) is 0 Å². The van der Waals surface area contributed by atoms with Gasteiger partial charge in [-0.25, -0.2) is 0 Å². The van der Waals surface area contributed by atoms with Gasteiger partial charge in [0.1, 0.15) is 0 Å². The summed E-state index contributed by atoms with van der Waals surface area (Å²) in [5.41, 5.74) is 0. The van der Waals surface area contributed by atoms with E-state index in [0.29, 0.717) is 0 Å². The van der Waals surface area contributed by atoms with E-state index in [9.17, 15) is 0 Å². The van der Waals surface area contributed by atoms with Crippen LogP contribution in [0.25, 0.3) is 0 Å². The second kappa shape index (κ2) is 1.54. The molecule has 1 aliphatic heterocycles. The van der Waals surface area contributed by atoms with Crippen molar-refractivity contribution in [2.45, 2.75) is 5.32 Å². The normalized spacial score (nSPS) is 17.6. The molecule has 1 radical (unpaired) electrons. The minimum atomic E-state index is 0.833. The Morgan fingerprint density at radius 2 is 2.60 bits per heavy atom. The van der Waals surface area contributed by atoms with Gasteiger partial charge in [-0.15, -0.1) is 0 Å². The summed E-state index contributed by atoms with van der Waals surface area (Å²) in [6, 6.07) is 0. The molecule has 0 amide bonds. The fourth-order valence-electron chi connectivity index (χ4n) is 0.278. The molecule has 0 aliphatic carbocycles. The quantitative estimate of drug-likeness (QED) is 0.420. The fraction of sp³-hybridized carbons (Fsp3) is 0.250. The molecule has 0 aromatic rings. The Morgan fingerprint density at radius 3 is 2.80 bits per heavy atom. The molecule has 0 bridgehead atoms. The molecular formula is C4H5Se. The molecule has 0 spiro atoms. The SMILES string of the molecule is C1=CC[Se]=C1. The molecule has 1 rings (SSSR count). The van der Waals surface area contributed by atoms with E-state index in [0.717, 1.165) is 14.5 Å². The first-order chi connectivity index (χ1) is 2.50. The Hall–Kier alpha value is 0.129. The molecule has 1 heterocycles. The Labute approximate surface area is 37.6 Å². The van der Waals surface area contributed by atoms with Crippen molar-refractivity contribution >= 4 is 19.4 Å². The third-order valence-corrected chi connectivity index (χ3v) is 2.04. The van der Waals surface area contributed by atoms with Crippen molar-refractivity contribution in [3.63, 3.8) is 0 Å². The summed E-state index contributed by atoms with van der Waals surface area (Å²) in [4.78, 5) is 2.24. The van der Waals surface area contributed by atoms with Gasteiger partial charge in [-0.3, -0.25) is 0 Å². The zero-order valence-electron chi connectivity index (χ0n) is 2.85. The topological polar surface area (TPSA) is 0 Å². The Bertz CT molecular complexity index is 61.7. The van der Waals surface area contributed by atoms with Gasteiger partial charge in [0.2, 0.25) is 0 Å². The molecule has 0 aromatic heterocycles. The molecule has 0 N–H and O–H groups in total. The summed E-state index contributed by atoms with van der Waals surface area (Å²) in [6.45, 7) is 0. The van der Waals surface area contributed by atoms with Crippen LogP contribution in [0.3, 0.4) is 0 Å². The molecule has 5 heavy (non-hydrogen) atoms. The Kier molecular flexibility index (Phi) is 1.02. The van der Waals surface area contributed by atoms with Crippen LogP contribution in [0.4, 0.5) is 0 Å². The number of hydrogen-bond donors (Lipinski definition) is 0. The van der Waals surface area contributed by atoms with Gasteiger partial charge in [0.05, 0.1) is 0 Å². The standard InChI is InChI=1S/C4H5Se/c1-2-4-5-3-1/h1-3H,4H2. The van der Waals surface area contributed by atoms with Crippen LogP contribution in [0.1, 0.15) is 0 Å². The summed E-state index contributed by atoms with van der Waals surface area (Å²) in [5.74, 6) is 0. The summed E-state index contributed by atoms with van der Waals surface area (Å²) < 4.78 is 0. The molecule has 0 aromatic carbocycles. The second-order valence-electron chi connectivity index (χ2n) is 0.898. The summed E-state index contributed by atoms with van der Waals surface area (Å²) >= 11 is 0.833. The van der Waals surface area contributed by atoms with Crippen LogP contribution in [0.15, 0.2) is 12.2 Å². The van der Waals surface area contributed by atoms with Crippen LogP contribution in [0, 0.1) is 0 Å².